The lowest BCUT2D eigenvalue weighted by atomic mass is 10.1. The van der Waals surface area contributed by atoms with Gasteiger partial charge in [0.2, 0.25) is 0 Å². The van der Waals surface area contributed by atoms with Gasteiger partial charge in [0.25, 0.3) is 5.91 Å². The molecule has 8 nitrogen and oxygen atoms in total. The standard InChI is InChI=1S/C25H27N5O3/c1-33-24-12-2-6-18(14-24)25(32)29-22-10-4-9-21(16-22)28-20-8-3-7-19(15-20)27-17-23(30-26)11-5-13-31/h2-4,6-10,12-16,23,26-28H,5,11,17H2,1H3,(H,29,32). The second-order valence-electron chi connectivity index (χ2n) is 7.38. The number of hydrogen-bond donors (Lipinski definition) is 4. The van der Waals surface area contributed by atoms with Crippen molar-refractivity contribution in [2.24, 2.45) is 5.11 Å². The predicted octanol–water partition coefficient (Wildman–Crippen LogP) is 5.48. The van der Waals surface area contributed by atoms with Gasteiger partial charge < -0.3 is 25.5 Å². The molecule has 0 saturated carbocycles. The predicted molar refractivity (Wildman–Crippen MR) is 130 cm³/mol. The normalized spacial score (nSPS) is 11.2. The number of benzene rings is 3. The van der Waals surface area contributed by atoms with E-state index in [-0.39, 0.29) is 11.9 Å². The van der Waals surface area contributed by atoms with Crippen LogP contribution in [0.3, 0.4) is 0 Å². The van der Waals surface area contributed by atoms with Crippen LogP contribution in [0.5, 0.6) is 5.75 Å². The monoisotopic (exact) mass is 445 g/mol. The fourth-order valence-electron chi connectivity index (χ4n) is 3.22. The highest BCUT2D eigenvalue weighted by Crippen LogP contribution is 2.23. The number of carbonyl (C=O) groups is 2. The van der Waals surface area contributed by atoms with Crippen LogP contribution in [0.2, 0.25) is 0 Å². The number of amides is 1. The third kappa shape index (κ3) is 7.17. The summed E-state index contributed by atoms with van der Waals surface area (Å²) in [5.41, 5.74) is 11.0. The highest BCUT2D eigenvalue weighted by Gasteiger charge is 2.09. The average molecular weight is 446 g/mol. The lowest BCUT2D eigenvalue weighted by Gasteiger charge is -2.14. The van der Waals surface area contributed by atoms with Crippen molar-refractivity contribution >= 4 is 34.9 Å². The van der Waals surface area contributed by atoms with Crippen LogP contribution in [0.1, 0.15) is 23.2 Å². The Kier molecular flexibility index (Phi) is 8.53. The van der Waals surface area contributed by atoms with E-state index in [0.717, 1.165) is 23.3 Å². The molecule has 0 aliphatic heterocycles. The minimum Gasteiger partial charge on any atom is -0.497 e. The molecule has 0 bridgehead atoms. The molecule has 0 saturated heterocycles. The summed E-state index contributed by atoms with van der Waals surface area (Å²) in [7, 11) is 1.56. The number of ether oxygens (including phenoxy) is 1. The molecule has 1 atom stereocenters. The first-order chi connectivity index (χ1) is 16.1. The highest BCUT2D eigenvalue weighted by molar-refractivity contribution is 6.04. The van der Waals surface area contributed by atoms with Gasteiger partial charge in [0.05, 0.1) is 13.2 Å². The summed E-state index contributed by atoms with van der Waals surface area (Å²) in [6.45, 7) is 0.479. The molecule has 1 unspecified atom stereocenters. The Morgan fingerprint density at radius 1 is 1.00 bits per heavy atom. The van der Waals surface area contributed by atoms with Gasteiger partial charge >= 0.3 is 0 Å². The van der Waals surface area contributed by atoms with Crippen molar-refractivity contribution in [3.05, 3.63) is 78.4 Å². The van der Waals surface area contributed by atoms with Gasteiger partial charge in [0.1, 0.15) is 12.0 Å². The van der Waals surface area contributed by atoms with Crippen LogP contribution in [-0.2, 0) is 4.79 Å². The van der Waals surface area contributed by atoms with Gasteiger partial charge in [-0.05, 0) is 61.0 Å². The zero-order valence-electron chi connectivity index (χ0n) is 18.4. The van der Waals surface area contributed by atoms with Gasteiger partial charge in [-0.2, -0.15) is 5.11 Å². The zero-order chi connectivity index (χ0) is 23.5. The van der Waals surface area contributed by atoms with Crippen molar-refractivity contribution in [1.82, 2.24) is 0 Å². The van der Waals surface area contributed by atoms with E-state index in [2.05, 4.69) is 21.1 Å². The Morgan fingerprint density at radius 3 is 2.36 bits per heavy atom. The smallest absolute Gasteiger partial charge is 0.255 e. The summed E-state index contributed by atoms with van der Waals surface area (Å²) in [6, 6.07) is 21.9. The molecule has 0 radical (unpaired) electrons. The highest BCUT2D eigenvalue weighted by atomic mass is 16.5. The van der Waals surface area contributed by atoms with Gasteiger partial charge in [0, 0.05) is 41.3 Å². The van der Waals surface area contributed by atoms with E-state index in [1.165, 1.54) is 0 Å². The molecule has 0 spiro atoms. The van der Waals surface area contributed by atoms with Crippen LogP contribution in [-0.4, -0.2) is 31.9 Å². The van der Waals surface area contributed by atoms with E-state index in [0.29, 0.717) is 36.4 Å². The van der Waals surface area contributed by atoms with Crippen LogP contribution < -0.4 is 20.7 Å². The van der Waals surface area contributed by atoms with Crippen LogP contribution in [0, 0.1) is 5.53 Å². The summed E-state index contributed by atoms with van der Waals surface area (Å²) < 4.78 is 5.18. The summed E-state index contributed by atoms with van der Waals surface area (Å²) in [4.78, 5) is 23.1. The molecule has 4 N–H and O–H groups in total. The SMILES string of the molecule is COc1cccc(C(=O)Nc2cccc(Nc3cccc(NCC(CCC=O)N=N)c3)c2)c1. The molecule has 0 aromatic heterocycles. The van der Waals surface area contributed by atoms with Gasteiger partial charge in [-0.25, -0.2) is 5.53 Å². The summed E-state index contributed by atoms with van der Waals surface area (Å²) in [6.07, 6.45) is 1.78. The number of anilines is 4. The summed E-state index contributed by atoms with van der Waals surface area (Å²) in [5, 5.41) is 13.1. The fraction of sp³-hybridized carbons (Fsp3) is 0.200. The number of nitrogens with one attached hydrogen (secondary N) is 4. The Bertz CT molecular complexity index is 1100. The third-order valence-corrected chi connectivity index (χ3v) is 4.95. The number of nitrogens with zero attached hydrogens (tertiary/aromatic N) is 1. The Hall–Kier alpha value is -4.20. The maximum Gasteiger partial charge on any atom is 0.255 e. The number of aldehydes is 1. The minimum absolute atomic E-state index is 0.221. The number of methoxy groups -OCH3 is 1. The molecule has 3 aromatic rings. The Morgan fingerprint density at radius 2 is 1.67 bits per heavy atom. The molecule has 3 rings (SSSR count). The van der Waals surface area contributed by atoms with E-state index < -0.39 is 0 Å². The van der Waals surface area contributed by atoms with Crippen LogP contribution in [0.25, 0.3) is 0 Å². The summed E-state index contributed by atoms with van der Waals surface area (Å²) in [5.74, 6) is 0.402. The molecule has 1 amide bonds. The van der Waals surface area contributed by atoms with E-state index in [1.807, 2.05) is 48.5 Å². The lowest BCUT2D eigenvalue weighted by molar-refractivity contribution is -0.108. The first-order valence-electron chi connectivity index (χ1n) is 10.6. The van der Waals surface area contributed by atoms with E-state index >= 15 is 0 Å². The Labute approximate surface area is 192 Å². The van der Waals surface area contributed by atoms with Crippen molar-refractivity contribution in [1.29, 1.82) is 5.53 Å². The van der Waals surface area contributed by atoms with Crippen molar-refractivity contribution in [3.8, 4) is 5.75 Å². The largest absolute Gasteiger partial charge is 0.497 e. The topological polar surface area (TPSA) is 116 Å². The maximum atomic E-state index is 12.6. The average Bonchev–Trinajstić information content (AvgIpc) is 2.84. The molecule has 0 heterocycles. The quantitative estimate of drug-likeness (QED) is 0.218. The van der Waals surface area contributed by atoms with Gasteiger partial charge in [-0.3, -0.25) is 4.79 Å². The molecule has 0 fully saturated rings. The first-order valence-corrected chi connectivity index (χ1v) is 10.6. The van der Waals surface area contributed by atoms with Crippen molar-refractivity contribution in [2.75, 3.05) is 29.6 Å². The molecular weight excluding hydrogens is 418 g/mol. The Balaban J connectivity index is 1.63. The van der Waals surface area contributed by atoms with E-state index in [4.69, 9.17) is 10.3 Å². The fourth-order valence-corrected chi connectivity index (χ4v) is 3.22. The van der Waals surface area contributed by atoms with Gasteiger partial charge in [-0.15, -0.1) is 0 Å². The van der Waals surface area contributed by atoms with Crippen LogP contribution in [0.4, 0.5) is 22.7 Å². The minimum atomic E-state index is -0.239. The van der Waals surface area contributed by atoms with E-state index in [9.17, 15) is 9.59 Å². The van der Waals surface area contributed by atoms with Crippen molar-refractivity contribution in [3.63, 3.8) is 0 Å². The summed E-state index contributed by atoms with van der Waals surface area (Å²) >= 11 is 0. The molecule has 3 aromatic carbocycles. The number of carbonyl (C=O) groups excluding carboxylic acids is 2. The maximum absolute atomic E-state index is 12.6. The molecule has 33 heavy (non-hydrogen) atoms. The second-order valence-corrected chi connectivity index (χ2v) is 7.38. The third-order valence-electron chi connectivity index (χ3n) is 4.95. The molecule has 8 heteroatoms. The van der Waals surface area contributed by atoms with Gasteiger partial charge in [0.15, 0.2) is 0 Å². The zero-order valence-corrected chi connectivity index (χ0v) is 18.4. The molecular formula is C25H27N5O3. The molecule has 0 aliphatic rings. The van der Waals surface area contributed by atoms with Gasteiger partial charge in [-0.1, -0.05) is 18.2 Å². The second kappa shape index (κ2) is 12.0. The number of rotatable bonds is 12. The molecule has 0 aliphatic carbocycles. The molecule has 170 valence electrons. The number of hydrogen-bond acceptors (Lipinski definition) is 7. The van der Waals surface area contributed by atoms with Crippen molar-refractivity contribution < 1.29 is 14.3 Å². The van der Waals surface area contributed by atoms with Crippen LogP contribution in [0.15, 0.2) is 77.9 Å². The lowest BCUT2D eigenvalue weighted by Crippen LogP contribution is -2.17. The van der Waals surface area contributed by atoms with Crippen LogP contribution >= 0.6 is 0 Å². The van der Waals surface area contributed by atoms with Crippen molar-refractivity contribution in [2.45, 2.75) is 18.9 Å². The van der Waals surface area contributed by atoms with E-state index in [1.54, 1.807) is 31.4 Å². The first kappa shape index (κ1) is 23.5.